The molecule has 1 aromatic rings. The van der Waals surface area contributed by atoms with E-state index in [4.69, 9.17) is 10.5 Å². The lowest BCUT2D eigenvalue weighted by molar-refractivity contribution is -0.139. The normalized spacial score (nSPS) is 10.8. The number of hydrogen-bond donors (Lipinski definition) is 1. The van der Waals surface area contributed by atoms with Crippen LogP contribution in [0.3, 0.4) is 0 Å². The number of hydrogen-bond acceptors (Lipinski definition) is 2. The van der Waals surface area contributed by atoms with Crippen molar-refractivity contribution in [2.75, 3.05) is 13.7 Å². The number of rotatable bonds is 5. The van der Waals surface area contributed by atoms with E-state index in [9.17, 15) is 13.2 Å². The van der Waals surface area contributed by atoms with Gasteiger partial charge < -0.3 is 10.5 Å². The molecule has 116 valence electrons. The Morgan fingerprint density at radius 1 is 1.15 bits per heavy atom. The average Bonchev–Trinajstić information content (AvgIpc) is 2.39. The molecule has 0 aliphatic rings. The molecule has 0 saturated heterocycles. The molecule has 0 bridgehead atoms. The van der Waals surface area contributed by atoms with Gasteiger partial charge in [0.15, 0.2) is 0 Å². The number of ether oxygens (including phenoxy) is 1. The highest BCUT2D eigenvalue weighted by molar-refractivity contribution is 5.45. The second-order valence-corrected chi connectivity index (χ2v) is 4.23. The maximum atomic E-state index is 12.8. The third-order valence-corrected chi connectivity index (χ3v) is 2.78. The van der Waals surface area contributed by atoms with E-state index in [-0.39, 0.29) is 11.3 Å². The molecule has 0 spiro atoms. The van der Waals surface area contributed by atoms with Crippen molar-refractivity contribution in [3.05, 3.63) is 28.8 Å². The fourth-order valence-electron chi connectivity index (χ4n) is 1.97. The van der Waals surface area contributed by atoms with Gasteiger partial charge in [0, 0.05) is 0 Å². The minimum atomic E-state index is -4.38. The molecule has 0 unspecified atom stereocenters. The first-order chi connectivity index (χ1) is 9.40. The van der Waals surface area contributed by atoms with Crippen molar-refractivity contribution >= 4 is 0 Å². The molecule has 0 atom stereocenters. The van der Waals surface area contributed by atoms with Crippen molar-refractivity contribution in [3.8, 4) is 5.75 Å². The third kappa shape index (κ3) is 5.41. The molecule has 1 rings (SSSR count). The molecule has 0 fully saturated rings. The fraction of sp³-hybridized carbons (Fsp3) is 0.600. The SMILES string of the molecule is CC.COc1cc(CCCCN)cc(C)c1C(F)(F)F. The summed E-state index contributed by atoms with van der Waals surface area (Å²) in [5.41, 5.74) is 5.75. The van der Waals surface area contributed by atoms with E-state index in [2.05, 4.69) is 0 Å². The molecular formula is C15H24F3NO. The van der Waals surface area contributed by atoms with E-state index in [0.717, 1.165) is 18.4 Å². The third-order valence-electron chi connectivity index (χ3n) is 2.78. The number of nitrogens with two attached hydrogens (primary N) is 1. The van der Waals surface area contributed by atoms with Gasteiger partial charge in [-0.05, 0) is 49.9 Å². The Balaban J connectivity index is 0.00000172. The quantitative estimate of drug-likeness (QED) is 0.819. The standard InChI is InChI=1S/C13H18F3NO.C2H6/c1-9-7-10(5-3-4-6-17)8-11(18-2)12(9)13(14,15)16;1-2/h7-8H,3-6,17H2,1-2H3;1-2H3. The van der Waals surface area contributed by atoms with E-state index in [1.807, 2.05) is 13.8 Å². The first-order valence-electron chi connectivity index (χ1n) is 6.85. The van der Waals surface area contributed by atoms with Crippen molar-refractivity contribution in [1.29, 1.82) is 0 Å². The van der Waals surface area contributed by atoms with Gasteiger partial charge in [0.2, 0.25) is 0 Å². The number of alkyl halides is 3. The highest BCUT2D eigenvalue weighted by Crippen LogP contribution is 2.39. The van der Waals surface area contributed by atoms with Crippen LogP contribution in [-0.4, -0.2) is 13.7 Å². The smallest absolute Gasteiger partial charge is 0.420 e. The van der Waals surface area contributed by atoms with Crippen LogP contribution in [0.1, 0.15) is 43.4 Å². The summed E-state index contributed by atoms with van der Waals surface area (Å²) < 4.78 is 43.4. The summed E-state index contributed by atoms with van der Waals surface area (Å²) in [5.74, 6) is -0.106. The van der Waals surface area contributed by atoms with Gasteiger partial charge in [-0.15, -0.1) is 0 Å². The topological polar surface area (TPSA) is 35.2 Å². The molecule has 0 aromatic heterocycles. The monoisotopic (exact) mass is 291 g/mol. The minimum Gasteiger partial charge on any atom is -0.496 e. The summed E-state index contributed by atoms with van der Waals surface area (Å²) in [7, 11) is 1.26. The first-order valence-corrected chi connectivity index (χ1v) is 6.85. The van der Waals surface area contributed by atoms with Gasteiger partial charge in [0.25, 0.3) is 0 Å². The zero-order valence-corrected chi connectivity index (χ0v) is 12.6. The number of aryl methyl sites for hydroxylation is 2. The molecule has 5 heteroatoms. The summed E-state index contributed by atoms with van der Waals surface area (Å²) in [5, 5.41) is 0. The van der Waals surface area contributed by atoms with Crippen LogP contribution < -0.4 is 10.5 Å². The van der Waals surface area contributed by atoms with Crippen LogP contribution in [0.2, 0.25) is 0 Å². The molecule has 2 N–H and O–H groups in total. The predicted molar refractivity (Wildman–Crippen MR) is 76.1 cm³/mol. The zero-order chi connectivity index (χ0) is 15.8. The number of unbranched alkanes of at least 4 members (excludes halogenated alkanes) is 1. The summed E-state index contributed by atoms with van der Waals surface area (Å²) in [6, 6.07) is 3.04. The van der Waals surface area contributed by atoms with E-state index in [1.54, 1.807) is 6.07 Å². The predicted octanol–water partition coefficient (Wildman–Crippen LogP) is 4.33. The maximum Gasteiger partial charge on any atom is 0.420 e. The highest BCUT2D eigenvalue weighted by atomic mass is 19.4. The second kappa shape index (κ2) is 8.84. The number of halogens is 3. The molecule has 1 aromatic carbocycles. The summed E-state index contributed by atoms with van der Waals surface area (Å²) in [6.07, 6.45) is -1.94. The van der Waals surface area contributed by atoms with Gasteiger partial charge in [0.05, 0.1) is 7.11 Å². The van der Waals surface area contributed by atoms with Crippen molar-refractivity contribution < 1.29 is 17.9 Å². The molecule has 20 heavy (non-hydrogen) atoms. The van der Waals surface area contributed by atoms with Crippen LogP contribution in [-0.2, 0) is 12.6 Å². The van der Waals surface area contributed by atoms with Crippen molar-refractivity contribution in [2.24, 2.45) is 5.73 Å². The lowest BCUT2D eigenvalue weighted by atomic mass is 10.00. The van der Waals surface area contributed by atoms with Gasteiger partial charge in [-0.25, -0.2) is 0 Å². The van der Waals surface area contributed by atoms with Crippen molar-refractivity contribution in [2.45, 2.75) is 46.2 Å². The Hall–Kier alpha value is -1.23. The Morgan fingerprint density at radius 3 is 2.20 bits per heavy atom. The Kier molecular flexibility index (Phi) is 8.30. The van der Waals surface area contributed by atoms with Gasteiger partial charge in [-0.2, -0.15) is 13.2 Å². The summed E-state index contributed by atoms with van der Waals surface area (Å²) in [4.78, 5) is 0. The Bertz CT molecular complexity index is 403. The van der Waals surface area contributed by atoms with Gasteiger partial charge in [-0.1, -0.05) is 19.9 Å². The molecular weight excluding hydrogens is 267 g/mol. The minimum absolute atomic E-state index is 0.106. The van der Waals surface area contributed by atoms with Crippen molar-refractivity contribution in [3.63, 3.8) is 0 Å². The highest BCUT2D eigenvalue weighted by Gasteiger charge is 2.36. The van der Waals surface area contributed by atoms with E-state index >= 15 is 0 Å². The Morgan fingerprint density at radius 2 is 1.75 bits per heavy atom. The molecule has 0 amide bonds. The molecule has 0 aliphatic heterocycles. The fourth-order valence-corrected chi connectivity index (χ4v) is 1.97. The van der Waals surface area contributed by atoms with Gasteiger partial charge in [0.1, 0.15) is 11.3 Å². The summed E-state index contributed by atoms with van der Waals surface area (Å²) >= 11 is 0. The first kappa shape index (κ1) is 18.8. The lowest BCUT2D eigenvalue weighted by Crippen LogP contribution is -2.10. The lowest BCUT2D eigenvalue weighted by Gasteiger charge is -2.16. The van der Waals surface area contributed by atoms with E-state index in [1.165, 1.54) is 20.1 Å². The maximum absolute atomic E-state index is 12.8. The zero-order valence-electron chi connectivity index (χ0n) is 12.6. The van der Waals surface area contributed by atoms with E-state index in [0.29, 0.717) is 13.0 Å². The average molecular weight is 291 g/mol. The van der Waals surface area contributed by atoms with Crippen molar-refractivity contribution in [1.82, 2.24) is 0 Å². The number of benzene rings is 1. The van der Waals surface area contributed by atoms with Crippen LogP contribution in [0.15, 0.2) is 12.1 Å². The molecule has 0 aliphatic carbocycles. The van der Waals surface area contributed by atoms with Crippen LogP contribution in [0.4, 0.5) is 13.2 Å². The van der Waals surface area contributed by atoms with Crippen LogP contribution in [0.25, 0.3) is 0 Å². The van der Waals surface area contributed by atoms with Crippen LogP contribution in [0, 0.1) is 6.92 Å². The number of methoxy groups -OCH3 is 1. The van der Waals surface area contributed by atoms with Crippen LogP contribution >= 0.6 is 0 Å². The Labute approximate surface area is 119 Å². The van der Waals surface area contributed by atoms with Gasteiger partial charge in [-0.3, -0.25) is 0 Å². The summed E-state index contributed by atoms with van der Waals surface area (Å²) in [6.45, 7) is 6.05. The van der Waals surface area contributed by atoms with E-state index < -0.39 is 11.7 Å². The molecule has 0 saturated carbocycles. The second-order valence-electron chi connectivity index (χ2n) is 4.23. The van der Waals surface area contributed by atoms with Gasteiger partial charge >= 0.3 is 6.18 Å². The largest absolute Gasteiger partial charge is 0.496 e. The molecule has 0 radical (unpaired) electrons. The van der Waals surface area contributed by atoms with Crippen LogP contribution in [0.5, 0.6) is 5.75 Å². The molecule has 2 nitrogen and oxygen atoms in total. The molecule has 0 heterocycles.